The monoisotopic (exact) mass is 244 g/mol. The second-order valence-electron chi connectivity index (χ2n) is 4.74. The van der Waals surface area contributed by atoms with Crippen LogP contribution < -0.4 is 11.1 Å². The van der Waals surface area contributed by atoms with Crippen molar-refractivity contribution in [1.29, 1.82) is 0 Å². The van der Waals surface area contributed by atoms with E-state index in [1.807, 2.05) is 6.07 Å². The first kappa shape index (κ1) is 12.8. The highest BCUT2D eigenvalue weighted by atomic mass is 16.1. The molecule has 1 aromatic rings. The SMILES string of the molecule is C/C(=C\CCCN)c1ccc2c(c1)CCC(=O)N2. The Labute approximate surface area is 108 Å². The molecule has 1 heterocycles. The molecule has 0 unspecified atom stereocenters. The normalized spacial score (nSPS) is 15.2. The second-order valence-corrected chi connectivity index (χ2v) is 4.74. The van der Waals surface area contributed by atoms with Crippen LogP contribution in [-0.2, 0) is 11.2 Å². The van der Waals surface area contributed by atoms with Gasteiger partial charge in [-0.1, -0.05) is 12.1 Å². The van der Waals surface area contributed by atoms with Crippen LogP contribution in [0.2, 0.25) is 0 Å². The molecule has 0 fully saturated rings. The molecule has 1 amide bonds. The van der Waals surface area contributed by atoms with E-state index < -0.39 is 0 Å². The van der Waals surface area contributed by atoms with Crippen molar-refractivity contribution in [3.63, 3.8) is 0 Å². The lowest BCUT2D eigenvalue weighted by atomic mass is 9.97. The highest BCUT2D eigenvalue weighted by Gasteiger charge is 2.14. The largest absolute Gasteiger partial charge is 0.330 e. The quantitative estimate of drug-likeness (QED) is 0.800. The number of allylic oxidation sites excluding steroid dienone is 2. The number of hydrogen-bond acceptors (Lipinski definition) is 2. The fraction of sp³-hybridized carbons (Fsp3) is 0.400. The second kappa shape index (κ2) is 5.83. The van der Waals surface area contributed by atoms with Crippen LogP contribution in [0.4, 0.5) is 5.69 Å². The minimum absolute atomic E-state index is 0.116. The zero-order chi connectivity index (χ0) is 13.0. The predicted octanol–water partition coefficient (Wildman–Crippen LogP) is 2.71. The topological polar surface area (TPSA) is 55.1 Å². The Morgan fingerprint density at radius 2 is 2.28 bits per heavy atom. The first-order chi connectivity index (χ1) is 8.70. The van der Waals surface area contributed by atoms with Crippen molar-refractivity contribution in [2.75, 3.05) is 11.9 Å². The number of nitrogens with one attached hydrogen (secondary N) is 1. The van der Waals surface area contributed by atoms with Crippen molar-refractivity contribution in [2.24, 2.45) is 5.73 Å². The summed E-state index contributed by atoms with van der Waals surface area (Å²) in [6.45, 7) is 2.86. The smallest absolute Gasteiger partial charge is 0.224 e. The van der Waals surface area contributed by atoms with E-state index in [1.54, 1.807) is 0 Å². The molecule has 1 aliphatic rings. The van der Waals surface area contributed by atoms with E-state index in [9.17, 15) is 4.79 Å². The fourth-order valence-corrected chi connectivity index (χ4v) is 2.18. The molecule has 1 aliphatic heterocycles. The molecule has 0 spiro atoms. The van der Waals surface area contributed by atoms with Crippen LogP contribution in [0.25, 0.3) is 5.57 Å². The molecular weight excluding hydrogens is 224 g/mol. The number of hydrogen-bond donors (Lipinski definition) is 2. The maximum atomic E-state index is 11.3. The Morgan fingerprint density at radius 3 is 3.06 bits per heavy atom. The molecule has 0 bridgehead atoms. The number of rotatable bonds is 4. The van der Waals surface area contributed by atoms with Crippen molar-refractivity contribution < 1.29 is 4.79 Å². The molecule has 3 heteroatoms. The Balaban J connectivity index is 2.16. The van der Waals surface area contributed by atoms with E-state index >= 15 is 0 Å². The number of anilines is 1. The summed E-state index contributed by atoms with van der Waals surface area (Å²) < 4.78 is 0. The van der Waals surface area contributed by atoms with E-state index in [0.29, 0.717) is 6.42 Å². The van der Waals surface area contributed by atoms with Crippen LogP contribution in [0.3, 0.4) is 0 Å². The Hall–Kier alpha value is -1.61. The molecule has 0 aromatic heterocycles. The van der Waals surface area contributed by atoms with Gasteiger partial charge in [0, 0.05) is 12.1 Å². The van der Waals surface area contributed by atoms with E-state index in [2.05, 4.69) is 30.4 Å². The molecule has 0 saturated heterocycles. The number of unbranched alkanes of at least 4 members (excludes halogenated alkanes) is 1. The average molecular weight is 244 g/mol. The average Bonchev–Trinajstić information content (AvgIpc) is 2.38. The summed E-state index contributed by atoms with van der Waals surface area (Å²) >= 11 is 0. The lowest BCUT2D eigenvalue weighted by Crippen LogP contribution is -2.18. The fourth-order valence-electron chi connectivity index (χ4n) is 2.18. The van der Waals surface area contributed by atoms with Gasteiger partial charge in [-0.05, 0) is 61.6 Å². The van der Waals surface area contributed by atoms with Crippen LogP contribution in [0.15, 0.2) is 24.3 Å². The van der Waals surface area contributed by atoms with Gasteiger partial charge in [0.05, 0.1) is 0 Å². The van der Waals surface area contributed by atoms with E-state index in [1.165, 1.54) is 16.7 Å². The highest BCUT2D eigenvalue weighted by molar-refractivity contribution is 5.94. The summed E-state index contributed by atoms with van der Waals surface area (Å²) in [5.74, 6) is 0.116. The molecule has 0 aliphatic carbocycles. The molecule has 2 rings (SSSR count). The number of fused-ring (bicyclic) bond motifs is 1. The van der Waals surface area contributed by atoms with Crippen LogP contribution in [0.5, 0.6) is 0 Å². The molecule has 0 atom stereocenters. The van der Waals surface area contributed by atoms with Crippen molar-refractivity contribution in [3.05, 3.63) is 35.4 Å². The summed E-state index contributed by atoms with van der Waals surface area (Å²) in [6.07, 6.45) is 5.71. The summed E-state index contributed by atoms with van der Waals surface area (Å²) in [5.41, 5.74) is 10.2. The summed E-state index contributed by atoms with van der Waals surface area (Å²) in [5, 5.41) is 2.90. The molecule has 18 heavy (non-hydrogen) atoms. The summed E-state index contributed by atoms with van der Waals surface area (Å²) in [4.78, 5) is 11.3. The molecule has 3 N–H and O–H groups in total. The molecule has 3 nitrogen and oxygen atoms in total. The van der Waals surface area contributed by atoms with Gasteiger partial charge in [-0.2, -0.15) is 0 Å². The van der Waals surface area contributed by atoms with Gasteiger partial charge in [0.1, 0.15) is 0 Å². The van der Waals surface area contributed by atoms with Crippen LogP contribution >= 0.6 is 0 Å². The Bertz CT molecular complexity index is 477. The van der Waals surface area contributed by atoms with E-state index in [0.717, 1.165) is 31.5 Å². The maximum Gasteiger partial charge on any atom is 0.224 e. The molecule has 0 radical (unpaired) electrons. The third-order valence-electron chi connectivity index (χ3n) is 3.31. The standard InChI is InChI=1S/C15H20N2O/c1-11(4-2-3-9-16)12-5-7-14-13(10-12)6-8-15(18)17-14/h4-5,7,10H,2-3,6,8-9,16H2,1H3,(H,17,18)/b11-4+. The van der Waals surface area contributed by atoms with E-state index in [-0.39, 0.29) is 5.91 Å². The van der Waals surface area contributed by atoms with Crippen LogP contribution in [0, 0.1) is 0 Å². The lowest BCUT2D eigenvalue weighted by molar-refractivity contribution is -0.116. The Morgan fingerprint density at radius 1 is 1.44 bits per heavy atom. The number of carbonyl (C=O) groups is 1. The first-order valence-electron chi connectivity index (χ1n) is 6.50. The first-order valence-corrected chi connectivity index (χ1v) is 6.50. The van der Waals surface area contributed by atoms with Gasteiger partial charge < -0.3 is 11.1 Å². The number of carbonyl (C=O) groups excluding carboxylic acids is 1. The molecular formula is C15H20N2O. The van der Waals surface area contributed by atoms with Crippen LogP contribution in [0.1, 0.15) is 37.3 Å². The van der Waals surface area contributed by atoms with Gasteiger partial charge in [-0.25, -0.2) is 0 Å². The third-order valence-corrected chi connectivity index (χ3v) is 3.31. The minimum atomic E-state index is 0.116. The Kier molecular flexibility index (Phi) is 4.15. The molecule has 96 valence electrons. The van der Waals surface area contributed by atoms with Crippen molar-refractivity contribution in [1.82, 2.24) is 0 Å². The lowest BCUT2D eigenvalue weighted by Gasteiger charge is -2.17. The molecule has 0 saturated carbocycles. The third kappa shape index (κ3) is 2.99. The van der Waals surface area contributed by atoms with Gasteiger partial charge >= 0.3 is 0 Å². The number of nitrogens with two attached hydrogens (primary N) is 1. The summed E-state index contributed by atoms with van der Waals surface area (Å²) in [6, 6.07) is 6.25. The molecule has 1 aromatic carbocycles. The van der Waals surface area contributed by atoms with E-state index in [4.69, 9.17) is 5.73 Å². The number of amides is 1. The maximum absolute atomic E-state index is 11.3. The number of benzene rings is 1. The van der Waals surface area contributed by atoms with Gasteiger partial charge in [-0.15, -0.1) is 0 Å². The number of aryl methyl sites for hydroxylation is 1. The van der Waals surface area contributed by atoms with Gasteiger partial charge in [-0.3, -0.25) is 4.79 Å². The van der Waals surface area contributed by atoms with Crippen molar-refractivity contribution in [2.45, 2.75) is 32.6 Å². The zero-order valence-electron chi connectivity index (χ0n) is 10.8. The van der Waals surface area contributed by atoms with Gasteiger partial charge in [0.2, 0.25) is 5.91 Å². The minimum Gasteiger partial charge on any atom is -0.330 e. The van der Waals surface area contributed by atoms with Gasteiger partial charge in [0.25, 0.3) is 0 Å². The van der Waals surface area contributed by atoms with Gasteiger partial charge in [0.15, 0.2) is 0 Å². The highest BCUT2D eigenvalue weighted by Crippen LogP contribution is 2.26. The summed E-state index contributed by atoms with van der Waals surface area (Å²) in [7, 11) is 0. The van der Waals surface area contributed by atoms with Crippen LogP contribution in [-0.4, -0.2) is 12.5 Å². The predicted molar refractivity (Wildman–Crippen MR) is 75.3 cm³/mol. The zero-order valence-corrected chi connectivity index (χ0v) is 10.8. The van der Waals surface area contributed by atoms with Crippen molar-refractivity contribution in [3.8, 4) is 0 Å². The van der Waals surface area contributed by atoms with Crippen molar-refractivity contribution >= 4 is 17.2 Å².